The standard InChI is InChI=1S/C15H23NO4/c1-5-11(2)16(8-9-19-3)15(18)12-6-7-14(20-4)13(17)10-12/h6-7,10-11,17H,5,8-9H2,1-4H3. The van der Waals surface area contributed by atoms with Crippen LogP contribution in [0.2, 0.25) is 0 Å². The average Bonchev–Trinajstić information content (AvgIpc) is 2.46. The van der Waals surface area contributed by atoms with Crippen LogP contribution in [0.3, 0.4) is 0 Å². The Labute approximate surface area is 120 Å². The lowest BCUT2D eigenvalue weighted by Gasteiger charge is -2.28. The molecule has 5 nitrogen and oxygen atoms in total. The summed E-state index contributed by atoms with van der Waals surface area (Å²) in [6.45, 7) is 5.04. The van der Waals surface area contributed by atoms with E-state index < -0.39 is 0 Å². The van der Waals surface area contributed by atoms with Crippen molar-refractivity contribution < 1.29 is 19.4 Å². The lowest BCUT2D eigenvalue weighted by molar-refractivity contribution is 0.0613. The largest absolute Gasteiger partial charge is 0.504 e. The number of amides is 1. The Morgan fingerprint density at radius 2 is 2.10 bits per heavy atom. The normalized spacial score (nSPS) is 12.0. The first-order valence-corrected chi connectivity index (χ1v) is 6.72. The van der Waals surface area contributed by atoms with Gasteiger partial charge in [-0.1, -0.05) is 6.92 Å². The molecule has 0 saturated carbocycles. The Morgan fingerprint density at radius 3 is 2.60 bits per heavy atom. The van der Waals surface area contributed by atoms with Crippen molar-refractivity contribution in [3.05, 3.63) is 23.8 Å². The number of carbonyl (C=O) groups excluding carboxylic acids is 1. The Balaban J connectivity index is 2.96. The molecule has 0 spiro atoms. The minimum absolute atomic E-state index is 0.0332. The topological polar surface area (TPSA) is 59.0 Å². The lowest BCUT2D eigenvalue weighted by Crippen LogP contribution is -2.40. The quantitative estimate of drug-likeness (QED) is 0.833. The maximum atomic E-state index is 12.5. The molecule has 0 heterocycles. The molecule has 0 aliphatic heterocycles. The van der Waals surface area contributed by atoms with E-state index in [1.165, 1.54) is 13.2 Å². The number of phenolic OH excluding ortho intramolecular Hbond substituents is 1. The molecule has 0 aliphatic carbocycles. The molecule has 0 radical (unpaired) electrons. The predicted molar refractivity (Wildman–Crippen MR) is 77.3 cm³/mol. The van der Waals surface area contributed by atoms with E-state index in [4.69, 9.17) is 9.47 Å². The summed E-state index contributed by atoms with van der Waals surface area (Å²) in [5.74, 6) is 0.206. The highest BCUT2D eigenvalue weighted by Crippen LogP contribution is 2.27. The Bertz CT molecular complexity index is 447. The third-order valence-corrected chi connectivity index (χ3v) is 3.35. The van der Waals surface area contributed by atoms with Crippen molar-refractivity contribution in [2.45, 2.75) is 26.3 Å². The zero-order valence-corrected chi connectivity index (χ0v) is 12.5. The third kappa shape index (κ3) is 3.87. The Hall–Kier alpha value is -1.75. The maximum Gasteiger partial charge on any atom is 0.254 e. The van der Waals surface area contributed by atoms with Gasteiger partial charge in [0.25, 0.3) is 5.91 Å². The van der Waals surface area contributed by atoms with Gasteiger partial charge >= 0.3 is 0 Å². The fourth-order valence-electron chi connectivity index (χ4n) is 1.92. The number of rotatable bonds is 7. The van der Waals surface area contributed by atoms with Crippen molar-refractivity contribution in [3.8, 4) is 11.5 Å². The van der Waals surface area contributed by atoms with Crippen molar-refractivity contribution in [1.29, 1.82) is 0 Å². The molecular weight excluding hydrogens is 258 g/mol. The number of methoxy groups -OCH3 is 2. The van der Waals surface area contributed by atoms with Crippen LogP contribution in [0.1, 0.15) is 30.6 Å². The Morgan fingerprint density at radius 1 is 1.40 bits per heavy atom. The van der Waals surface area contributed by atoms with Gasteiger partial charge in [-0.2, -0.15) is 0 Å². The van der Waals surface area contributed by atoms with Crippen LogP contribution in [-0.4, -0.2) is 49.3 Å². The summed E-state index contributed by atoms with van der Waals surface area (Å²) in [5.41, 5.74) is 0.444. The molecule has 0 bridgehead atoms. The highest BCUT2D eigenvalue weighted by molar-refractivity contribution is 5.95. The molecule has 1 rings (SSSR count). The number of benzene rings is 1. The zero-order chi connectivity index (χ0) is 15.1. The van der Waals surface area contributed by atoms with Crippen LogP contribution in [0.4, 0.5) is 0 Å². The van der Waals surface area contributed by atoms with Gasteiger partial charge in [-0.05, 0) is 31.5 Å². The zero-order valence-electron chi connectivity index (χ0n) is 12.5. The molecule has 1 aromatic rings. The summed E-state index contributed by atoms with van der Waals surface area (Å²) in [6, 6.07) is 4.79. The van der Waals surface area contributed by atoms with E-state index in [0.29, 0.717) is 24.5 Å². The van der Waals surface area contributed by atoms with Crippen molar-refractivity contribution in [2.75, 3.05) is 27.4 Å². The van der Waals surface area contributed by atoms with Gasteiger partial charge in [0.15, 0.2) is 11.5 Å². The first-order chi connectivity index (χ1) is 9.54. The van der Waals surface area contributed by atoms with Gasteiger partial charge in [0, 0.05) is 25.3 Å². The van der Waals surface area contributed by atoms with Gasteiger partial charge in [-0.3, -0.25) is 4.79 Å². The molecule has 0 saturated heterocycles. The van der Waals surface area contributed by atoms with Gasteiger partial charge in [-0.15, -0.1) is 0 Å². The minimum atomic E-state index is -0.116. The van der Waals surface area contributed by atoms with Crippen molar-refractivity contribution in [3.63, 3.8) is 0 Å². The predicted octanol–water partition coefficient (Wildman–Crippen LogP) is 2.29. The third-order valence-electron chi connectivity index (χ3n) is 3.35. The number of ether oxygens (including phenoxy) is 2. The van der Waals surface area contributed by atoms with Crippen LogP contribution >= 0.6 is 0 Å². The van der Waals surface area contributed by atoms with E-state index in [0.717, 1.165) is 6.42 Å². The number of aromatic hydroxyl groups is 1. The smallest absolute Gasteiger partial charge is 0.254 e. The monoisotopic (exact) mass is 281 g/mol. The van der Waals surface area contributed by atoms with Gasteiger partial charge in [-0.25, -0.2) is 0 Å². The van der Waals surface area contributed by atoms with Crippen LogP contribution in [-0.2, 0) is 4.74 Å². The van der Waals surface area contributed by atoms with E-state index in [1.807, 2.05) is 13.8 Å². The van der Waals surface area contributed by atoms with E-state index >= 15 is 0 Å². The van der Waals surface area contributed by atoms with E-state index in [9.17, 15) is 9.90 Å². The first kappa shape index (κ1) is 16.3. The van der Waals surface area contributed by atoms with Crippen molar-refractivity contribution >= 4 is 5.91 Å². The molecule has 1 atom stereocenters. The molecule has 5 heteroatoms. The molecule has 1 amide bonds. The second kappa shape index (κ2) is 7.75. The number of carbonyl (C=O) groups is 1. The van der Waals surface area contributed by atoms with Gasteiger partial charge in [0.1, 0.15) is 0 Å². The summed E-state index contributed by atoms with van der Waals surface area (Å²) in [7, 11) is 3.08. The SMILES string of the molecule is CCC(C)N(CCOC)C(=O)c1ccc(OC)c(O)c1. The number of hydrogen-bond acceptors (Lipinski definition) is 4. The second-order valence-corrected chi connectivity index (χ2v) is 4.64. The summed E-state index contributed by atoms with van der Waals surface area (Å²) in [4.78, 5) is 14.3. The molecule has 1 aromatic carbocycles. The van der Waals surface area contributed by atoms with Crippen molar-refractivity contribution in [1.82, 2.24) is 4.90 Å². The molecule has 20 heavy (non-hydrogen) atoms. The lowest BCUT2D eigenvalue weighted by atomic mass is 10.1. The molecule has 0 aliphatic rings. The summed E-state index contributed by atoms with van der Waals surface area (Å²) < 4.78 is 10.0. The van der Waals surface area contributed by atoms with Crippen LogP contribution in [0.25, 0.3) is 0 Å². The van der Waals surface area contributed by atoms with E-state index in [-0.39, 0.29) is 17.7 Å². The highest BCUT2D eigenvalue weighted by atomic mass is 16.5. The van der Waals surface area contributed by atoms with Crippen LogP contribution < -0.4 is 4.74 Å². The summed E-state index contributed by atoms with van der Waals surface area (Å²) in [6.07, 6.45) is 0.859. The number of phenols is 1. The molecular formula is C15H23NO4. The molecule has 1 unspecified atom stereocenters. The maximum absolute atomic E-state index is 12.5. The second-order valence-electron chi connectivity index (χ2n) is 4.64. The molecule has 1 N–H and O–H groups in total. The van der Waals surface area contributed by atoms with Gasteiger partial charge < -0.3 is 19.5 Å². The van der Waals surface area contributed by atoms with Crippen LogP contribution in [0.5, 0.6) is 11.5 Å². The molecule has 0 aromatic heterocycles. The fraction of sp³-hybridized carbons (Fsp3) is 0.533. The summed E-state index contributed by atoms with van der Waals surface area (Å²) >= 11 is 0. The van der Waals surface area contributed by atoms with Gasteiger partial charge in [0.05, 0.1) is 13.7 Å². The first-order valence-electron chi connectivity index (χ1n) is 6.72. The average molecular weight is 281 g/mol. The minimum Gasteiger partial charge on any atom is -0.504 e. The fourth-order valence-corrected chi connectivity index (χ4v) is 1.92. The van der Waals surface area contributed by atoms with E-state index in [1.54, 1.807) is 24.1 Å². The van der Waals surface area contributed by atoms with Crippen LogP contribution in [0, 0.1) is 0 Å². The number of nitrogens with zero attached hydrogens (tertiary/aromatic N) is 1. The highest BCUT2D eigenvalue weighted by Gasteiger charge is 2.21. The Kier molecular flexibility index (Phi) is 6.31. The molecule has 112 valence electrons. The number of hydrogen-bond donors (Lipinski definition) is 1. The van der Waals surface area contributed by atoms with Crippen LogP contribution in [0.15, 0.2) is 18.2 Å². The molecule has 0 fully saturated rings. The summed E-state index contributed by atoms with van der Waals surface area (Å²) in [5, 5.41) is 9.77. The van der Waals surface area contributed by atoms with Gasteiger partial charge in [0.2, 0.25) is 0 Å². The van der Waals surface area contributed by atoms with E-state index in [2.05, 4.69) is 0 Å². The van der Waals surface area contributed by atoms with Crippen molar-refractivity contribution in [2.24, 2.45) is 0 Å².